The molecule has 1 N–H and O–H groups in total. The van der Waals surface area contributed by atoms with Crippen LogP contribution in [-0.4, -0.2) is 106 Å². The Bertz CT molecular complexity index is 578. The summed E-state index contributed by atoms with van der Waals surface area (Å²) in [5.41, 5.74) is -0.435. The van der Waals surface area contributed by atoms with Gasteiger partial charge in [0.15, 0.2) is 0 Å². The van der Waals surface area contributed by atoms with E-state index < -0.39 is 5.60 Å². The normalized spacial score (nSPS) is 25.6. The maximum Gasteiger partial charge on any atom is 0.410 e. The summed E-state index contributed by atoms with van der Waals surface area (Å²) in [6.45, 7) is 24.0. The van der Waals surface area contributed by atoms with Crippen molar-refractivity contribution in [1.82, 2.24) is 20.0 Å². The molecule has 2 fully saturated rings. The molecular weight excluding hydrogens is 598 g/mol. The molecule has 0 aromatic rings. The van der Waals surface area contributed by atoms with Crippen molar-refractivity contribution in [3.63, 3.8) is 0 Å². The van der Waals surface area contributed by atoms with E-state index in [2.05, 4.69) is 72.0 Å². The molecule has 0 radical (unpaired) electrons. The van der Waals surface area contributed by atoms with E-state index >= 15 is 0 Å². The van der Waals surface area contributed by atoms with Gasteiger partial charge in [0.05, 0.1) is 0 Å². The number of rotatable bonds is 7. The van der Waals surface area contributed by atoms with Crippen LogP contribution in [-0.2, 0) is 4.74 Å². The molecule has 2 rings (SSSR count). The Hall–Kier alpha value is 0.200. The quantitative estimate of drug-likeness (QED) is 0.213. The minimum atomic E-state index is -0.435. The summed E-state index contributed by atoms with van der Waals surface area (Å²) in [4.78, 5) is 18.8. The van der Waals surface area contributed by atoms with Crippen LogP contribution >= 0.6 is 45.8 Å². The number of nitrogens with zero attached hydrogens (tertiary/aromatic N) is 3. The lowest BCUT2D eigenvalue weighted by molar-refractivity contribution is -0.00994. The molecule has 1 amide bonds. The number of piperazine rings is 2. The highest BCUT2D eigenvalue weighted by Gasteiger charge is 2.34. The van der Waals surface area contributed by atoms with Gasteiger partial charge in [0, 0.05) is 73.1 Å². The van der Waals surface area contributed by atoms with Crippen molar-refractivity contribution in [2.75, 3.05) is 55.5 Å². The van der Waals surface area contributed by atoms with Crippen molar-refractivity contribution < 1.29 is 9.53 Å². The summed E-state index contributed by atoms with van der Waals surface area (Å²) in [5, 5.41) is 3.44. The van der Waals surface area contributed by atoms with Gasteiger partial charge in [-0.15, -0.1) is 29.8 Å². The number of hydrogen-bond acceptors (Lipinski definition) is 5. The molecule has 9 heteroatoms. The van der Waals surface area contributed by atoms with Crippen LogP contribution in [0.5, 0.6) is 0 Å². The van der Waals surface area contributed by atoms with Gasteiger partial charge in [-0.3, -0.25) is 9.80 Å². The van der Waals surface area contributed by atoms with Crippen molar-refractivity contribution in [3.05, 3.63) is 12.7 Å². The molecule has 4 atom stereocenters. The number of carbonyl (C=O) groups is 1. The molecule has 2 saturated heterocycles. The molecule has 0 spiro atoms. The molecule has 208 valence electrons. The average Bonchev–Trinajstić information content (AvgIpc) is 2.77. The van der Waals surface area contributed by atoms with Crippen LogP contribution in [0.4, 0.5) is 4.79 Å². The first kappa shape index (κ1) is 35.2. The first-order chi connectivity index (χ1) is 16.4. The third-order valence-corrected chi connectivity index (χ3v) is 7.14. The fourth-order valence-electron chi connectivity index (χ4n) is 3.92. The molecule has 0 saturated carbocycles. The van der Waals surface area contributed by atoms with Crippen LogP contribution < -0.4 is 5.32 Å². The van der Waals surface area contributed by atoms with Gasteiger partial charge in [-0.25, -0.2) is 4.79 Å². The molecule has 0 aromatic carbocycles. The highest BCUT2D eigenvalue weighted by molar-refractivity contribution is 14.1. The van der Waals surface area contributed by atoms with Crippen molar-refractivity contribution >= 4 is 51.9 Å². The highest BCUT2D eigenvalue weighted by atomic mass is 127. The predicted octanol–water partition coefficient (Wildman–Crippen LogP) is 5.85. The summed E-state index contributed by atoms with van der Waals surface area (Å²) in [6.07, 6.45) is 3.91. The van der Waals surface area contributed by atoms with E-state index in [1.54, 1.807) is 0 Å². The van der Waals surface area contributed by atoms with E-state index in [0.717, 1.165) is 58.0 Å². The second-order valence-electron chi connectivity index (χ2n) is 10.5. The Morgan fingerprint density at radius 2 is 1.66 bits per heavy atom. The molecule has 6 nitrogen and oxygen atoms in total. The lowest BCUT2D eigenvalue weighted by Gasteiger charge is -2.44. The van der Waals surface area contributed by atoms with Crippen molar-refractivity contribution in [2.45, 2.75) is 91.1 Å². The zero-order chi connectivity index (χ0) is 27.0. The van der Waals surface area contributed by atoms with Crippen LogP contribution in [0.25, 0.3) is 0 Å². The molecule has 2 heterocycles. The molecule has 0 aromatic heterocycles. The van der Waals surface area contributed by atoms with Gasteiger partial charge in [0.1, 0.15) is 5.60 Å². The fourth-order valence-corrected chi connectivity index (χ4v) is 5.00. The Morgan fingerprint density at radius 1 is 1.03 bits per heavy atom. The Labute approximate surface area is 239 Å². The fraction of sp³-hybridized carbons (Fsp3) is 0.885. The Morgan fingerprint density at radius 3 is 2.14 bits per heavy atom. The van der Waals surface area contributed by atoms with Gasteiger partial charge in [0.2, 0.25) is 0 Å². The lowest BCUT2D eigenvalue weighted by Crippen LogP contribution is -2.58. The minimum Gasteiger partial charge on any atom is -0.444 e. The van der Waals surface area contributed by atoms with Gasteiger partial charge >= 0.3 is 6.09 Å². The summed E-state index contributed by atoms with van der Waals surface area (Å²) in [7, 11) is 0. The SMILES string of the molecule is C=CCN1C[C@H](C)NC[C@H]1C.C[C@@H]1CN(CCCCl)[C@@H](C)CN1C(=O)OC(C)(C)C.ClCCCI. The predicted molar refractivity (Wildman–Crippen MR) is 162 cm³/mol. The number of hydrogen-bond donors (Lipinski definition) is 1. The average molecular weight is 650 g/mol. The van der Waals surface area contributed by atoms with Crippen LogP contribution in [0, 0.1) is 0 Å². The van der Waals surface area contributed by atoms with Crippen molar-refractivity contribution in [2.24, 2.45) is 0 Å². The number of amides is 1. The lowest BCUT2D eigenvalue weighted by atomic mass is 10.1. The zero-order valence-electron chi connectivity index (χ0n) is 23.2. The van der Waals surface area contributed by atoms with Crippen molar-refractivity contribution in [1.29, 1.82) is 0 Å². The van der Waals surface area contributed by atoms with Crippen LogP contribution in [0.15, 0.2) is 12.7 Å². The van der Waals surface area contributed by atoms with Gasteiger partial charge in [-0.05, 0) is 67.9 Å². The van der Waals surface area contributed by atoms with Gasteiger partial charge < -0.3 is 15.0 Å². The second kappa shape index (κ2) is 19.3. The maximum absolute atomic E-state index is 12.2. The van der Waals surface area contributed by atoms with E-state index in [0.29, 0.717) is 24.0 Å². The third-order valence-electron chi connectivity index (χ3n) is 5.85. The van der Waals surface area contributed by atoms with Gasteiger partial charge in [-0.2, -0.15) is 0 Å². The monoisotopic (exact) mass is 648 g/mol. The first-order valence-electron chi connectivity index (χ1n) is 12.9. The summed E-state index contributed by atoms with van der Waals surface area (Å²) in [5.74, 6) is 1.50. The molecule has 0 aliphatic carbocycles. The van der Waals surface area contributed by atoms with Gasteiger partial charge in [0.25, 0.3) is 0 Å². The number of carbonyl (C=O) groups excluding carboxylic acids is 1. The second-order valence-corrected chi connectivity index (χ2v) is 12.3. The number of halogens is 3. The molecule has 0 unspecified atom stereocenters. The number of ether oxygens (including phenoxy) is 1. The molecule has 2 aliphatic heterocycles. The smallest absolute Gasteiger partial charge is 0.410 e. The Balaban J connectivity index is 0.000000605. The molecule has 35 heavy (non-hydrogen) atoms. The summed E-state index contributed by atoms with van der Waals surface area (Å²) < 4.78 is 6.64. The molecule has 2 aliphatic rings. The summed E-state index contributed by atoms with van der Waals surface area (Å²) in [6, 6.07) is 1.82. The van der Waals surface area contributed by atoms with E-state index in [4.69, 9.17) is 27.9 Å². The van der Waals surface area contributed by atoms with E-state index in [-0.39, 0.29) is 12.1 Å². The largest absolute Gasteiger partial charge is 0.444 e. The summed E-state index contributed by atoms with van der Waals surface area (Å²) >= 11 is 13.3. The van der Waals surface area contributed by atoms with E-state index in [1.165, 1.54) is 4.43 Å². The van der Waals surface area contributed by atoms with E-state index in [1.807, 2.05) is 31.7 Å². The number of nitrogens with one attached hydrogen (secondary N) is 1. The van der Waals surface area contributed by atoms with Gasteiger partial charge in [-0.1, -0.05) is 28.7 Å². The standard InChI is InChI=1S/C14H27ClN2O2.C9H18N2.C3H6ClI/c1-11-10-17(13(18)19-14(3,4)5)12(2)9-16(11)8-6-7-15;1-4-5-11-7-8(2)10-6-9(11)3;4-2-1-3-5/h11-12H,6-10H2,1-5H3;4,8-10H,1,5-7H2,2-3H3;1-3H2/t11-,12+;8-,9+;/m00./s1. The van der Waals surface area contributed by atoms with Crippen molar-refractivity contribution in [3.8, 4) is 0 Å². The topological polar surface area (TPSA) is 48.0 Å². The number of alkyl halides is 3. The zero-order valence-corrected chi connectivity index (χ0v) is 26.8. The first-order valence-corrected chi connectivity index (χ1v) is 15.5. The molecular formula is C26H51Cl2IN4O2. The maximum atomic E-state index is 12.2. The minimum absolute atomic E-state index is 0.182. The van der Waals surface area contributed by atoms with Crippen LogP contribution in [0.2, 0.25) is 0 Å². The Kier molecular flexibility index (Phi) is 19.4. The third kappa shape index (κ3) is 15.9. The van der Waals surface area contributed by atoms with Crippen LogP contribution in [0.1, 0.15) is 61.3 Å². The molecule has 0 bridgehead atoms. The van der Waals surface area contributed by atoms with Crippen LogP contribution in [0.3, 0.4) is 0 Å². The highest BCUT2D eigenvalue weighted by Crippen LogP contribution is 2.19. The van der Waals surface area contributed by atoms with E-state index in [9.17, 15) is 4.79 Å².